The van der Waals surface area contributed by atoms with Gasteiger partial charge in [0.25, 0.3) is 0 Å². The third kappa shape index (κ3) is 6.16. The van der Waals surface area contributed by atoms with Gasteiger partial charge in [-0.25, -0.2) is 0 Å². The van der Waals surface area contributed by atoms with Crippen molar-refractivity contribution in [3.8, 4) is 0 Å². The maximum absolute atomic E-state index is 6.05. The lowest BCUT2D eigenvalue weighted by atomic mass is 9.75. The van der Waals surface area contributed by atoms with Crippen LogP contribution in [0.15, 0.2) is 24.3 Å². The molecular weight excluding hydrogens is 386 g/mol. The van der Waals surface area contributed by atoms with Crippen molar-refractivity contribution in [3.63, 3.8) is 0 Å². The first-order valence-corrected chi connectivity index (χ1v) is 11.8. The van der Waals surface area contributed by atoms with Crippen molar-refractivity contribution in [1.82, 2.24) is 0 Å². The summed E-state index contributed by atoms with van der Waals surface area (Å²) >= 11 is 0. The molecule has 0 spiro atoms. The van der Waals surface area contributed by atoms with Crippen molar-refractivity contribution in [2.45, 2.75) is 118 Å². The second kappa shape index (κ2) is 9.21. The van der Waals surface area contributed by atoms with Crippen molar-refractivity contribution in [3.05, 3.63) is 29.8 Å². The average Bonchev–Trinajstić information content (AvgIpc) is 2.95. The highest BCUT2D eigenvalue weighted by atomic mass is 16.7. The summed E-state index contributed by atoms with van der Waals surface area (Å²) in [6.45, 7) is 25.4. The van der Waals surface area contributed by atoms with Crippen LogP contribution in [0.4, 0.5) is 0 Å². The summed E-state index contributed by atoms with van der Waals surface area (Å²) in [4.78, 5) is 0. The molecule has 0 N–H and O–H groups in total. The van der Waals surface area contributed by atoms with E-state index in [1.165, 1.54) is 5.56 Å². The van der Waals surface area contributed by atoms with Gasteiger partial charge in [0, 0.05) is 0 Å². The molecule has 2 saturated heterocycles. The molecule has 0 aromatic heterocycles. The van der Waals surface area contributed by atoms with Gasteiger partial charge >= 0.3 is 14.2 Å². The summed E-state index contributed by atoms with van der Waals surface area (Å²) in [6.07, 6.45) is 1.11. The van der Waals surface area contributed by atoms with Gasteiger partial charge in [0.2, 0.25) is 0 Å². The molecule has 0 atom stereocenters. The molecule has 0 amide bonds. The van der Waals surface area contributed by atoms with Gasteiger partial charge in [0.05, 0.1) is 22.4 Å². The number of benzene rings is 1. The minimum absolute atomic E-state index is 0.0463. The average molecular weight is 430 g/mol. The summed E-state index contributed by atoms with van der Waals surface area (Å²) in [6, 6.07) is 8.61. The molecule has 4 nitrogen and oxygen atoms in total. The molecule has 31 heavy (non-hydrogen) atoms. The zero-order valence-corrected chi connectivity index (χ0v) is 22.0. The zero-order valence-electron chi connectivity index (χ0n) is 22.0. The second-order valence-corrected chi connectivity index (χ2v) is 11.8. The molecule has 0 unspecified atom stereocenters. The minimum Gasteiger partial charge on any atom is -0.403 e. The Hall–Kier alpha value is -0.810. The van der Waals surface area contributed by atoms with E-state index in [9.17, 15) is 0 Å². The van der Waals surface area contributed by atoms with Gasteiger partial charge in [-0.05, 0) is 84.6 Å². The van der Waals surface area contributed by atoms with Gasteiger partial charge in [-0.3, -0.25) is 0 Å². The SMILES string of the molecule is CC(C)B1OC(C)(C)C(C)(C)O1.CC(C)Cc1ccc(B2OC(C)(C)C(C)(C)O2)cc1. The number of hydrogen-bond donors (Lipinski definition) is 0. The Kier molecular flexibility index (Phi) is 7.85. The number of hydrogen-bond acceptors (Lipinski definition) is 4. The summed E-state index contributed by atoms with van der Waals surface area (Å²) in [5, 5.41) is 0. The zero-order chi connectivity index (χ0) is 23.8. The first-order valence-electron chi connectivity index (χ1n) is 11.8. The standard InChI is InChI=1S/C16H25BO2.C9H19BO2/c1-12(2)11-13-7-9-14(10-8-13)17-18-15(3,4)16(5,6)19-17;1-7(2)10-11-8(3,4)9(5,6)12-10/h7-10,12H,11H2,1-6H3;7H,1-6H3. The smallest absolute Gasteiger partial charge is 0.403 e. The highest BCUT2D eigenvalue weighted by Crippen LogP contribution is 2.39. The van der Waals surface area contributed by atoms with Crippen molar-refractivity contribution in [2.75, 3.05) is 0 Å². The molecule has 2 aliphatic rings. The van der Waals surface area contributed by atoms with Gasteiger partial charge in [0.1, 0.15) is 0 Å². The second-order valence-electron chi connectivity index (χ2n) is 11.8. The van der Waals surface area contributed by atoms with E-state index in [4.69, 9.17) is 18.6 Å². The highest BCUT2D eigenvalue weighted by molar-refractivity contribution is 6.62. The van der Waals surface area contributed by atoms with Crippen LogP contribution in [-0.4, -0.2) is 36.6 Å². The molecule has 1 aromatic rings. The van der Waals surface area contributed by atoms with Gasteiger partial charge in [-0.15, -0.1) is 0 Å². The Labute approximate surface area is 192 Å². The Morgan fingerprint density at radius 3 is 1.35 bits per heavy atom. The van der Waals surface area contributed by atoms with Crippen molar-refractivity contribution in [1.29, 1.82) is 0 Å². The Morgan fingerprint density at radius 1 is 0.645 bits per heavy atom. The van der Waals surface area contributed by atoms with E-state index in [0.29, 0.717) is 11.7 Å². The van der Waals surface area contributed by atoms with Crippen LogP contribution in [0.5, 0.6) is 0 Å². The van der Waals surface area contributed by atoms with Crippen molar-refractivity contribution < 1.29 is 18.6 Å². The molecule has 2 heterocycles. The Bertz CT molecular complexity index is 692. The molecule has 0 radical (unpaired) electrons. The van der Waals surface area contributed by atoms with E-state index in [0.717, 1.165) is 11.9 Å². The van der Waals surface area contributed by atoms with Gasteiger partial charge < -0.3 is 18.6 Å². The molecular formula is C25H44B2O4. The molecule has 0 bridgehead atoms. The first-order chi connectivity index (χ1) is 14.0. The summed E-state index contributed by atoms with van der Waals surface area (Å²) < 4.78 is 23.7. The van der Waals surface area contributed by atoms with Crippen LogP contribution in [0.2, 0.25) is 5.82 Å². The maximum atomic E-state index is 6.05. The Balaban J connectivity index is 0.000000245. The molecule has 0 saturated carbocycles. The fraction of sp³-hybridized carbons (Fsp3) is 0.760. The first kappa shape index (κ1) is 26.4. The van der Waals surface area contributed by atoms with E-state index in [2.05, 4.69) is 107 Å². The van der Waals surface area contributed by atoms with Crippen LogP contribution >= 0.6 is 0 Å². The molecule has 174 valence electrons. The lowest BCUT2D eigenvalue weighted by molar-refractivity contribution is 0.00578. The molecule has 6 heteroatoms. The van der Waals surface area contributed by atoms with Gasteiger partial charge in [-0.1, -0.05) is 52.0 Å². The van der Waals surface area contributed by atoms with Gasteiger partial charge in [-0.2, -0.15) is 0 Å². The van der Waals surface area contributed by atoms with Crippen LogP contribution < -0.4 is 5.46 Å². The fourth-order valence-electron chi connectivity index (χ4n) is 3.42. The predicted molar refractivity (Wildman–Crippen MR) is 132 cm³/mol. The molecule has 1 aromatic carbocycles. The lowest BCUT2D eigenvalue weighted by Crippen LogP contribution is -2.41. The van der Waals surface area contributed by atoms with E-state index in [-0.39, 0.29) is 36.6 Å². The predicted octanol–water partition coefficient (Wildman–Crippen LogP) is 5.67. The topological polar surface area (TPSA) is 36.9 Å². The minimum atomic E-state index is -0.270. The largest absolute Gasteiger partial charge is 0.494 e. The van der Waals surface area contributed by atoms with Crippen LogP contribution in [0, 0.1) is 5.92 Å². The van der Waals surface area contributed by atoms with Crippen LogP contribution in [-0.2, 0) is 25.0 Å². The van der Waals surface area contributed by atoms with Crippen molar-refractivity contribution in [2.24, 2.45) is 5.92 Å². The third-order valence-electron chi connectivity index (χ3n) is 6.96. The van der Waals surface area contributed by atoms with Crippen molar-refractivity contribution >= 4 is 19.7 Å². The summed E-state index contributed by atoms with van der Waals surface area (Å²) in [5.41, 5.74) is 1.58. The normalized spacial score (nSPS) is 23.3. The van der Waals surface area contributed by atoms with E-state index >= 15 is 0 Å². The third-order valence-corrected chi connectivity index (χ3v) is 6.96. The number of rotatable bonds is 4. The molecule has 2 aliphatic heterocycles. The Morgan fingerprint density at radius 2 is 1.03 bits per heavy atom. The van der Waals surface area contributed by atoms with E-state index in [1.807, 2.05) is 0 Å². The van der Waals surface area contributed by atoms with Crippen LogP contribution in [0.3, 0.4) is 0 Å². The highest BCUT2D eigenvalue weighted by Gasteiger charge is 2.52. The maximum Gasteiger partial charge on any atom is 0.494 e. The van der Waals surface area contributed by atoms with Crippen LogP contribution in [0.25, 0.3) is 0 Å². The molecule has 0 aliphatic carbocycles. The fourth-order valence-corrected chi connectivity index (χ4v) is 3.42. The lowest BCUT2D eigenvalue weighted by Gasteiger charge is -2.32. The monoisotopic (exact) mass is 430 g/mol. The molecule has 2 fully saturated rings. The summed E-state index contributed by atoms with van der Waals surface area (Å²) in [5.74, 6) is 1.11. The van der Waals surface area contributed by atoms with Crippen LogP contribution in [0.1, 0.15) is 88.6 Å². The quantitative estimate of drug-likeness (QED) is 0.577. The molecule has 3 rings (SSSR count). The van der Waals surface area contributed by atoms with E-state index < -0.39 is 0 Å². The van der Waals surface area contributed by atoms with E-state index in [1.54, 1.807) is 0 Å². The summed E-state index contributed by atoms with van der Waals surface area (Å²) in [7, 11) is -0.298. The van der Waals surface area contributed by atoms with Gasteiger partial charge in [0.15, 0.2) is 0 Å².